The van der Waals surface area contributed by atoms with Gasteiger partial charge in [0.25, 0.3) is 0 Å². The summed E-state index contributed by atoms with van der Waals surface area (Å²) in [6, 6.07) is 0. The zero-order chi connectivity index (χ0) is 15.3. The number of allylic oxidation sites excluding steroid dienone is 2. The van der Waals surface area contributed by atoms with Crippen LogP contribution in [0.1, 0.15) is 6.42 Å². The number of hydrogen-bond acceptors (Lipinski definition) is 4. The Balaban J connectivity index is 3.57. The van der Waals surface area contributed by atoms with Gasteiger partial charge in [0.1, 0.15) is 0 Å². The molecule has 0 fully saturated rings. The molecule has 0 aromatic carbocycles. The highest BCUT2D eigenvalue weighted by Crippen LogP contribution is 1.84. The largest absolute Gasteiger partial charge is 0.481 e. The highest BCUT2D eigenvalue weighted by atomic mass is 16.4. The number of hydrogen-bond donors (Lipinski definition) is 1. The summed E-state index contributed by atoms with van der Waals surface area (Å²) >= 11 is 0. The van der Waals surface area contributed by atoms with Gasteiger partial charge in [0.05, 0.1) is 19.5 Å². The fourth-order valence-corrected chi connectivity index (χ4v) is 1.65. The Labute approximate surface area is 113 Å². The first-order valence-corrected chi connectivity index (χ1v) is 5.82. The number of carboxylic acid groups (broad SMARTS) is 1. The van der Waals surface area contributed by atoms with Gasteiger partial charge in [-0.15, -0.1) is 13.2 Å². The summed E-state index contributed by atoms with van der Waals surface area (Å²) in [5.41, 5.74) is -2.46. The summed E-state index contributed by atoms with van der Waals surface area (Å²) in [6.07, 6.45) is 2.29. The van der Waals surface area contributed by atoms with E-state index in [0.717, 1.165) is 13.7 Å². The van der Waals surface area contributed by atoms with Crippen molar-refractivity contribution in [1.29, 1.82) is 0 Å². The van der Waals surface area contributed by atoms with E-state index in [9.17, 15) is 19.2 Å². The monoisotopic (exact) mass is 281 g/mol. The topological polar surface area (TPSA) is 103 Å². The molecule has 20 heavy (non-hydrogen) atoms. The average Bonchev–Trinajstić information content (AvgIpc) is 2.39. The van der Waals surface area contributed by atoms with Gasteiger partial charge in [0.15, 0.2) is 0 Å². The van der Waals surface area contributed by atoms with Gasteiger partial charge < -0.3 is 5.11 Å². The van der Waals surface area contributed by atoms with Gasteiger partial charge in [-0.3, -0.25) is 4.79 Å². The van der Waals surface area contributed by atoms with Gasteiger partial charge in [0.2, 0.25) is 0 Å². The highest BCUT2D eigenvalue weighted by molar-refractivity contribution is 5.66. The van der Waals surface area contributed by atoms with Crippen LogP contribution in [0.15, 0.2) is 39.7 Å². The Morgan fingerprint density at radius 3 is 1.70 bits per heavy atom. The van der Waals surface area contributed by atoms with E-state index in [0.29, 0.717) is 0 Å². The van der Waals surface area contributed by atoms with Crippen molar-refractivity contribution in [3.63, 3.8) is 0 Å². The molecule has 0 amide bonds. The van der Waals surface area contributed by atoms with Crippen LogP contribution < -0.4 is 17.1 Å². The van der Waals surface area contributed by atoms with Gasteiger partial charge >= 0.3 is 23.0 Å². The Kier molecular flexibility index (Phi) is 5.01. The van der Waals surface area contributed by atoms with E-state index in [1.165, 1.54) is 12.2 Å². The normalized spacial score (nSPS) is 10.2. The fraction of sp³-hybridized carbons (Fsp3) is 0.333. The van der Waals surface area contributed by atoms with E-state index >= 15 is 0 Å². The second-order valence-corrected chi connectivity index (χ2v) is 3.94. The Morgan fingerprint density at radius 1 is 0.950 bits per heavy atom. The quantitative estimate of drug-likeness (QED) is 0.647. The highest BCUT2D eigenvalue weighted by Gasteiger charge is 2.14. The summed E-state index contributed by atoms with van der Waals surface area (Å²) in [6.45, 7) is 6.42. The standard InChI is InChI=1S/C12H15N3O5/c1-3-6-13-10(18)14(7-4-2)12(20)15(11(13)19)8-5-9(16)17/h3-4H,1-2,5-8H2,(H,16,17). The third kappa shape index (κ3) is 3.02. The number of nitrogens with zero attached hydrogens (tertiary/aromatic N) is 3. The van der Waals surface area contributed by atoms with E-state index in [1.807, 2.05) is 0 Å². The van der Waals surface area contributed by atoms with Crippen LogP contribution in [-0.2, 0) is 24.4 Å². The molecule has 0 aliphatic rings. The number of carbonyl (C=O) groups is 1. The van der Waals surface area contributed by atoms with E-state index in [-0.39, 0.29) is 19.6 Å². The maximum atomic E-state index is 12.0. The van der Waals surface area contributed by atoms with Crippen molar-refractivity contribution in [3.8, 4) is 0 Å². The lowest BCUT2D eigenvalue weighted by Crippen LogP contribution is -2.54. The zero-order valence-electron chi connectivity index (χ0n) is 10.8. The zero-order valence-corrected chi connectivity index (χ0v) is 10.8. The molecule has 8 heteroatoms. The first-order chi connectivity index (χ1) is 9.43. The first-order valence-electron chi connectivity index (χ1n) is 5.82. The van der Waals surface area contributed by atoms with E-state index in [1.54, 1.807) is 0 Å². The molecule has 0 saturated heterocycles. The molecule has 1 heterocycles. The summed E-state index contributed by atoms with van der Waals surface area (Å²) < 4.78 is 2.36. The molecule has 0 radical (unpaired) electrons. The molecular weight excluding hydrogens is 266 g/mol. The smallest absolute Gasteiger partial charge is 0.336 e. The van der Waals surface area contributed by atoms with Crippen LogP contribution in [0.25, 0.3) is 0 Å². The summed E-state index contributed by atoms with van der Waals surface area (Å²) in [5, 5.41) is 8.63. The number of aromatic nitrogens is 3. The molecule has 1 N–H and O–H groups in total. The third-order valence-electron chi connectivity index (χ3n) is 2.56. The minimum absolute atomic E-state index is 0.0673. The maximum Gasteiger partial charge on any atom is 0.336 e. The van der Waals surface area contributed by atoms with Crippen LogP contribution in [0.4, 0.5) is 0 Å². The van der Waals surface area contributed by atoms with Crippen LogP contribution >= 0.6 is 0 Å². The lowest BCUT2D eigenvalue weighted by molar-refractivity contribution is -0.137. The van der Waals surface area contributed by atoms with Gasteiger partial charge in [-0.1, -0.05) is 12.2 Å². The Morgan fingerprint density at radius 2 is 1.35 bits per heavy atom. The van der Waals surface area contributed by atoms with Crippen molar-refractivity contribution in [3.05, 3.63) is 56.8 Å². The van der Waals surface area contributed by atoms with Crippen LogP contribution in [-0.4, -0.2) is 24.8 Å². The summed E-state index contributed by atoms with van der Waals surface area (Å²) in [5.74, 6) is -1.15. The molecule has 0 atom stereocenters. The SMILES string of the molecule is C=CCn1c(=O)n(CC=C)c(=O)n(CCC(=O)O)c1=O. The van der Waals surface area contributed by atoms with Gasteiger partial charge in [-0.2, -0.15) is 0 Å². The van der Waals surface area contributed by atoms with Crippen molar-refractivity contribution in [2.45, 2.75) is 26.1 Å². The molecular formula is C12H15N3O5. The van der Waals surface area contributed by atoms with Crippen molar-refractivity contribution >= 4 is 5.97 Å². The second-order valence-electron chi connectivity index (χ2n) is 3.94. The van der Waals surface area contributed by atoms with E-state index < -0.39 is 29.5 Å². The fourth-order valence-electron chi connectivity index (χ4n) is 1.65. The maximum absolute atomic E-state index is 12.0. The number of carboxylic acids is 1. The molecule has 1 rings (SSSR count). The van der Waals surface area contributed by atoms with Crippen LogP contribution in [0.3, 0.4) is 0 Å². The molecule has 1 aromatic rings. The van der Waals surface area contributed by atoms with E-state index in [2.05, 4.69) is 13.2 Å². The van der Waals surface area contributed by atoms with Crippen LogP contribution in [0.5, 0.6) is 0 Å². The van der Waals surface area contributed by atoms with Gasteiger partial charge in [-0.05, 0) is 0 Å². The molecule has 0 aliphatic carbocycles. The Hall–Kier alpha value is -2.64. The summed E-state index contributed by atoms with van der Waals surface area (Å²) in [7, 11) is 0. The second kappa shape index (κ2) is 6.50. The van der Waals surface area contributed by atoms with E-state index in [4.69, 9.17) is 5.11 Å². The molecule has 0 saturated carbocycles. The average molecular weight is 281 g/mol. The molecule has 0 spiro atoms. The van der Waals surface area contributed by atoms with Gasteiger partial charge in [-0.25, -0.2) is 28.1 Å². The first kappa shape index (κ1) is 15.4. The summed E-state index contributed by atoms with van der Waals surface area (Å²) in [4.78, 5) is 46.6. The predicted molar refractivity (Wildman–Crippen MR) is 71.9 cm³/mol. The van der Waals surface area contributed by atoms with Crippen molar-refractivity contribution in [2.24, 2.45) is 0 Å². The minimum Gasteiger partial charge on any atom is -0.481 e. The molecule has 0 aliphatic heterocycles. The lowest BCUT2D eigenvalue weighted by atomic mass is 10.4. The van der Waals surface area contributed by atoms with Crippen molar-refractivity contribution in [2.75, 3.05) is 0 Å². The van der Waals surface area contributed by atoms with Gasteiger partial charge in [0, 0.05) is 6.54 Å². The molecule has 108 valence electrons. The number of rotatable bonds is 7. The molecule has 8 nitrogen and oxygen atoms in total. The minimum atomic E-state index is -1.15. The number of aliphatic carboxylic acids is 1. The Bertz CT molecular complexity index is 659. The molecule has 1 aromatic heterocycles. The lowest BCUT2D eigenvalue weighted by Gasteiger charge is -2.11. The van der Waals surface area contributed by atoms with Crippen molar-refractivity contribution in [1.82, 2.24) is 13.7 Å². The van der Waals surface area contributed by atoms with Crippen LogP contribution in [0.2, 0.25) is 0 Å². The molecule has 0 bridgehead atoms. The third-order valence-corrected chi connectivity index (χ3v) is 2.56. The van der Waals surface area contributed by atoms with Crippen molar-refractivity contribution < 1.29 is 9.90 Å². The predicted octanol–water partition coefficient (Wildman–Crippen LogP) is -0.982. The van der Waals surface area contributed by atoms with Crippen LogP contribution in [0, 0.1) is 0 Å². The molecule has 0 unspecified atom stereocenters.